The molecule has 2 heterocycles. The van der Waals surface area contributed by atoms with E-state index in [1.54, 1.807) is 49.5 Å². The number of pyridine rings is 1. The summed E-state index contributed by atoms with van der Waals surface area (Å²) >= 11 is 0. The third-order valence-electron chi connectivity index (χ3n) is 3.31. The first kappa shape index (κ1) is 13.6. The average Bonchev–Trinajstić information content (AvgIpc) is 2.83. The van der Waals surface area contributed by atoms with Gasteiger partial charge in [0.05, 0.1) is 18.2 Å². The Hall–Kier alpha value is -2.34. The molecule has 0 aliphatic rings. The molecule has 2 aromatic heterocycles. The molecule has 3 aromatic rings. The summed E-state index contributed by atoms with van der Waals surface area (Å²) in [5, 5.41) is 0.538. The molecule has 5 nitrogen and oxygen atoms in total. The number of nitrogens with zero attached hydrogens (tertiary/aromatic N) is 1. The Bertz CT molecular complexity index is 899. The van der Waals surface area contributed by atoms with Crippen LogP contribution in [0.25, 0.3) is 11.0 Å². The zero-order valence-electron chi connectivity index (χ0n) is 11.6. The first-order chi connectivity index (χ1) is 10.0. The van der Waals surface area contributed by atoms with Gasteiger partial charge in [-0.3, -0.25) is 0 Å². The molecule has 0 fully saturated rings. The summed E-state index contributed by atoms with van der Waals surface area (Å²) in [7, 11) is -2.08. The summed E-state index contributed by atoms with van der Waals surface area (Å²) in [5.74, 6) is 0.519. The van der Waals surface area contributed by atoms with Crippen molar-refractivity contribution in [3.63, 3.8) is 0 Å². The molecule has 1 N–H and O–H groups in total. The number of hydrogen-bond acceptors (Lipinski definition) is 4. The van der Waals surface area contributed by atoms with Crippen LogP contribution in [0.2, 0.25) is 0 Å². The number of methoxy groups -OCH3 is 1. The minimum atomic E-state index is -3.60. The molecule has 1 aromatic carbocycles. The number of nitrogens with one attached hydrogen (secondary N) is 1. The van der Waals surface area contributed by atoms with Gasteiger partial charge in [0.2, 0.25) is 9.84 Å². The number of aromatic amines is 1. The fourth-order valence-corrected chi connectivity index (χ4v) is 3.98. The molecule has 108 valence electrons. The number of aromatic nitrogens is 2. The molecular weight excluding hydrogens is 288 g/mol. The van der Waals surface area contributed by atoms with Crippen LogP contribution in [0.3, 0.4) is 0 Å². The SMILES string of the molecule is COc1cnc2[nH]c(C)c(S(=O)(=O)c3ccccc3)c2c1. The first-order valence-electron chi connectivity index (χ1n) is 6.36. The van der Waals surface area contributed by atoms with E-state index in [-0.39, 0.29) is 9.79 Å². The molecule has 0 aliphatic carbocycles. The fourth-order valence-electron chi connectivity index (χ4n) is 2.33. The second-order valence-electron chi connectivity index (χ2n) is 4.67. The molecule has 0 saturated carbocycles. The van der Waals surface area contributed by atoms with Gasteiger partial charge in [-0.05, 0) is 25.1 Å². The van der Waals surface area contributed by atoms with E-state index in [4.69, 9.17) is 4.74 Å². The lowest BCUT2D eigenvalue weighted by molar-refractivity contribution is 0.413. The molecule has 0 aliphatic heterocycles. The molecule has 0 amide bonds. The van der Waals surface area contributed by atoms with Crippen LogP contribution in [0.4, 0.5) is 0 Å². The monoisotopic (exact) mass is 302 g/mol. The minimum Gasteiger partial charge on any atom is -0.495 e. The largest absolute Gasteiger partial charge is 0.495 e. The molecule has 0 saturated heterocycles. The number of ether oxygens (including phenoxy) is 1. The topological polar surface area (TPSA) is 72.0 Å². The Kier molecular flexibility index (Phi) is 3.17. The lowest BCUT2D eigenvalue weighted by Gasteiger charge is -2.05. The van der Waals surface area contributed by atoms with E-state index in [0.29, 0.717) is 22.5 Å². The summed E-state index contributed by atoms with van der Waals surface area (Å²) in [6.07, 6.45) is 1.55. The highest BCUT2D eigenvalue weighted by Gasteiger charge is 2.25. The highest BCUT2D eigenvalue weighted by Crippen LogP contribution is 2.32. The summed E-state index contributed by atoms with van der Waals surface area (Å²) in [6, 6.07) is 10.0. The zero-order chi connectivity index (χ0) is 15.0. The third-order valence-corrected chi connectivity index (χ3v) is 5.27. The molecule has 0 unspecified atom stereocenters. The number of H-pyrrole nitrogens is 1. The van der Waals surface area contributed by atoms with Gasteiger partial charge in [-0.25, -0.2) is 13.4 Å². The van der Waals surface area contributed by atoms with Gasteiger partial charge < -0.3 is 9.72 Å². The summed E-state index contributed by atoms with van der Waals surface area (Å²) < 4.78 is 30.8. The van der Waals surface area contributed by atoms with Gasteiger partial charge in [-0.1, -0.05) is 18.2 Å². The second kappa shape index (κ2) is 4.89. The molecule has 0 radical (unpaired) electrons. The molecule has 3 rings (SSSR count). The van der Waals surface area contributed by atoms with Crippen molar-refractivity contribution >= 4 is 20.9 Å². The maximum Gasteiger partial charge on any atom is 0.209 e. The Balaban J connectivity index is 2.32. The first-order valence-corrected chi connectivity index (χ1v) is 7.85. The number of rotatable bonds is 3. The number of sulfone groups is 1. The van der Waals surface area contributed by atoms with Crippen molar-refractivity contribution in [3.8, 4) is 5.75 Å². The smallest absolute Gasteiger partial charge is 0.209 e. The van der Waals surface area contributed by atoms with Gasteiger partial charge in [0.1, 0.15) is 16.3 Å². The van der Waals surface area contributed by atoms with E-state index in [1.807, 2.05) is 0 Å². The number of fused-ring (bicyclic) bond motifs is 1. The summed E-state index contributed by atoms with van der Waals surface area (Å²) in [5.41, 5.74) is 1.09. The molecule has 0 spiro atoms. The van der Waals surface area contributed by atoms with E-state index in [9.17, 15) is 8.42 Å². The van der Waals surface area contributed by atoms with Gasteiger partial charge in [0.15, 0.2) is 0 Å². The van der Waals surface area contributed by atoms with Gasteiger partial charge in [0, 0.05) is 11.1 Å². The van der Waals surface area contributed by atoms with Crippen molar-refractivity contribution in [2.75, 3.05) is 7.11 Å². The van der Waals surface area contributed by atoms with E-state index in [1.165, 1.54) is 7.11 Å². The summed E-state index contributed by atoms with van der Waals surface area (Å²) in [4.78, 5) is 7.71. The van der Waals surface area contributed by atoms with Crippen LogP contribution < -0.4 is 4.74 Å². The van der Waals surface area contributed by atoms with Gasteiger partial charge in [-0.15, -0.1) is 0 Å². The van der Waals surface area contributed by atoms with Gasteiger partial charge in [-0.2, -0.15) is 0 Å². The quantitative estimate of drug-likeness (QED) is 0.807. The number of benzene rings is 1. The standard InChI is InChI=1S/C15H14N2O3S/c1-10-14(21(18,19)12-6-4-3-5-7-12)13-8-11(20-2)9-16-15(13)17-10/h3-9H,1-2H3,(H,16,17). The lowest BCUT2D eigenvalue weighted by Crippen LogP contribution is -2.03. The predicted octanol–water partition coefficient (Wildman–Crippen LogP) is 2.71. The van der Waals surface area contributed by atoms with Crippen molar-refractivity contribution in [1.82, 2.24) is 9.97 Å². The van der Waals surface area contributed by atoms with Gasteiger partial charge in [0.25, 0.3) is 0 Å². The maximum absolute atomic E-state index is 12.8. The van der Waals surface area contributed by atoms with Crippen molar-refractivity contribution in [2.24, 2.45) is 0 Å². The van der Waals surface area contributed by atoms with Crippen LogP contribution >= 0.6 is 0 Å². The van der Waals surface area contributed by atoms with E-state index >= 15 is 0 Å². The van der Waals surface area contributed by atoms with Crippen LogP contribution in [0, 0.1) is 6.92 Å². The van der Waals surface area contributed by atoms with E-state index < -0.39 is 9.84 Å². The van der Waals surface area contributed by atoms with Crippen LogP contribution in [0.5, 0.6) is 5.75 Å². The van der Waals surface area contributed by atoms with Crippen molar-refractivity contribution in [2.45, 2.75) is 16.7 Å². The highest BCUT2D eigenvalue weighted by atomic mass is 32.2. The lowest BCUT2D eigenvalue weighted by atomic mass is 10.3. The summed E-state index contributed by atoms with van der Waals surface area (Å²) in [6.45, 7) is 1.73. The molecule has 0 atom stereocenters. The van der Waals surface area contributed by atoms with Crippen LogP contribution in [-0.4, -0.2) is 25.5 Å². The Morgan fingerprint density at radius 3 is 2.57 bits per heavy atom. The van der Waals surface area contributed by atoms with Crippen molar-refractivity contribution in [1.29, 1.82) is 0 Å². The zero-order valence-corrected chi connectivity index (χ0v) is 12.4. The van der Waals surface area contributed by atoms with Crippen molar-refractivity contribution < 1.29 is 13.2 Å². The Morgan fingerprint density at radius 1 is 1.19 bits per heavy atom. The maximum atomic E-state index is 12.8. The number of hydrogen-bond donors (Lipinski definition) is 1. The van der Waals surface area contributed by atoms with Crippen LogP contribution in [0.15, 0.2) is 52.4 Å². The van der Waals surface area contributed by atoms with E-state index in [0.717, 1.165) is 0 Å². The predicted molar refractivity (Wildman–Crippen MR) is 79.3 cm³/mol. The van der Waals surface area contributed by atoms with Crippen LogP contribution in [0.1, 0.15) is 5.69 Å². The molecule has 6 heteroatoms. The van der Waals surface area contributed by atoms with E-state index in [2.05, 4.69) is 9.97 Å². The average molecular weight is 302 g/mol. The molecule has 21 heavy (non-hydrogen) atoms. The van der Waals surface area contributed by atoms with Crippen LogP contribution in [-0.2, 0) is 9.84 Å². The third kappa shape index (κ3) is 2.17. The van der Waals surface area contributed by atoms with Crippen molar-refractivity contribution in [3.05, 3.63) is 48.3 Å². The Morgan fingerprint density at radius 2 is 1.90 bits per heavy atom. The fraction of sp³-hybridized carbons (Fsp3) is 0.133. The Labute approximate surface area is 122 Å². The second-order valence-corrected chi connectivity index (χ2v) is 6.55. The highest BCUT2D eigenvalue weighted by molar-refractivity contribution is 7.91. The number of aryl methyl sites for hydroxylation is 1. The van der Waals surface area contributed by atoms with Gasteiger partial charge >= 0.3 is 0 Å². The minimum absolute atomic E-state index is 0.245. The molecule has 0 bridgehead atoms. The molecular formula is C15H14N2O3S. The normalized spacial score (nSPS) is 11.7.